The van der Waals surface area contributed by atoms with E-state index >= 15 is 0 Å². The van der Waals surface area contributed by atoms with Gasteiger partial charge in [-0.15, -0.1) is 0 Å². The molecule has 216 valence electrons. The maximum Gasteiger partial charge on any atom is 0.219 e. The second-order valence-corrected chi connectivity index (χ2v) is 10.6. The summed E-state index contributed by atoms with van der Waals surface area (Å²) in [5.41, 5.74) is 0.960. The van der Waals surface area contributed by atoms with Crippen LogP contribution in [0.2, 0.25) is 0 Å². The van der Waals surface area contributed by atoms with E-state index in [4.69, 9.17) is 14.2 Å². The highest BCUT2D eigenvalue weighted by molar-refractivity contribution is 5.73. The number of benzene rings is 2. The van der Waals surface area contributed by atoms with Gasteiger partial charge in [0.2, 0.25) is 5.91 Å². The van der Waals surface area contributed by atoms with Crippen LogP contribution in [0.4, 0.5) is 0 Å². The Bertz CT molecular complexity index is 1240. The molecule has 1 saturated heterocycles. The number of β-amino-alcohol motifs (C(OH)–C–C–N with tert-alkyl or cyclic N) is 1. The van der Waals surface area contributed by atoms with Gasteiger partial charge < -0.3 is 28.8 Å². The van der Waals surface area contributed by atoms with Gasteiger partial charge in [-0.1, -0.05) is 30.7 Å². The second-order valence-electron chi connectivity index (χ2n) is 10.6. The summed E-state index contributed by atoms with van der Waals surface area (Å²) in [4.78, 5) is 20.5. The maximum atomic E-state index is 12.3. The van der Waals surface area contributed by atoms with E-state index < -0.39 is 5.60 Å². The number of carbonyl (C=O) groups is 1. The first-order valence-corrected chi connectivity index (χ1v) is 14.0. The molecule has 9 nitrogen and oxygen atoms in total. The van der Waals surface area contributed by atoms with E-state index in [2.05, 4.69) is 21.4 Å². The van der Waals surface area contributed by atoms with Gasteiger partial charge in [-0.05, 0) is 43.2 Å². The average molecular weight is 551 g/mol. The lowest BCUT2D eigenvalue weighted by atomic mass is 10.0. The van der Waals surface area contributed by atoms with Gasteiger partial charge >= 0.3 is 0 Å². The molecule has 0 radical (unpaired) electrons. The molecule has 1 amide bonds. The van der Waals surface area contributed by atoms with Gasteiger partial charge in [-0.25, -0.2) is 4.98 Å². The van der Waals surface area contributed by atoms with Crippen LogP contribution in [-0.2, 0) is 24.3 Å². The summed E-state index contributed by atoms with van der Waals surface area (Å²) in [6.45, 7) is 9.50. The number of hydrogen-bond donors (Lipinski definition) is 1. The number of nitrogens with zero attached hydrogens (tertiary/aromatic N) is 4. The van der Waals surface area contributed by atoms with Crippen LogP contribution in [0, 0.1) is 6.92 Å². The van der Waals surface area contributed by atoms with Gasteiger partial charge in [0.05, 0.1) is 20.3 Å². The van der Waals surface area contributed by atoms with E-state index in [0.717, 1.165) is 36.3 Å². The largest absolute Gasteiger partial charge is 0.493 e. The quantitative estimate of drug-likeness (QED) is 0.344. The number of imidazole rings is 1. The third-order valence-corrected chi connectivity index (χ3v) is 7.22. The van der Waals surface area contributed by atoms with Crippen LogP contribution in [0.3, 0.4) is 0 Å². The van der Waals surface area contributed by atoms with E-state index in [1.807, 2.05) is 61.8 Å². The smallest absolute Gasteiger partial charge is 0.219 e. The zero-order chi connectivity index (χ0) is 28.5. The fraction of sp³-hybridized carbons (Fsp3) is 0.484. The molecule has 1 fully saturated rings. The van der Waals surface area contributed by atoms with E-state index in [-0.39, 0.29) is 19.1 Å². The summed E-state index contributed by atoms with van der Waals surface area (Å²) in [6.07, 6.45) is 5.58. The van der Waals surface area contributed by atoms with Crippen LogP contribution >= 0.6 is 0 Å². The normalized spacial score (nSPS) is 17.9. The summed E-state index contributed by atoms with van der Waals surface area (Å²) < 4.78 is 19.8. The molecule has 1 atom stereocenters. The first-order chi connectivity index (χ1) is 19.3. The number of methoxy groups -OCH3 is 1. The number of aryl methyl sites for hydroxylation is 3. The first-order valence-electron chi connectivity index (χ1n) is 14.0. The molecule has 0 bridgehead atoms. The fourth-order valence-corrected chi connectivity index (χ4v) is 5.05. The Hall–Kier alpha value is -3.56. The number of hydrogen-bond acceptors (Lipinski definition) is 7. The molecule has 0 unspecified atom stereocenters. The third-order valence-electron chi connectivity index (χ3n) is 7.22. The maximum absolute atomic E-state index is 12.3. The van der Waals surface area contributed by atoms with Crippen molar-refractivity contribution in [3.8, 4) is 17.2 Å². The predicted molar refractivity (Wildman–Crippen MR) is 154 cm³/mol. The monoisotopic (exact) mass is 550 g/mol. The summed E-state index contributed by atoms with van der Waals surface area (Å²) in [6, 6.07) is 13.7. The molecule has 1 aliphatic heterocycles. The second kappa shape index (κ2) is 13.7. The van der Waals surface area contributed by atoms with Gasteiger partial charge in [0, 0.05) is 58.5 Å². The molecule has 1 N–H and O–H groups in total. The van der Waals surface area contributed by atoms with Crippen molar-refractivity contribution in [3.63, 3.8) is 0 Å². The van der Waals surface area contributed by atoms with E-state index in [9.17, 15) is 9.90 Å². The van der Waals surface area contributed by atoms with Gasteiger partial charge in [0.25, 0.3) is 0 Å². The van der Waals surface area contributed by atoms with Gasteiger partial charge in [0.15, 0.2) is 11.5 Å². The highest BCUT2D eigenvalue weighted by atomic mass is 16.5. The fourth-order valence-electron chi connectivity index (χ4n) is 5.05. The number of ether oxygens (including phenoxy) is 3. The van der Waals surface area contributed by atoms with Crippen molar-refractivity contribution in [1.29, 1.82) is 0 Å². The zero-order valence-corrected chi connectivity index (χ0v) is 24.1. The number of amides is 1. The van der Waals surface area contributed by atoms with Crippen molar-refractivity contribution in [2.75, 3.05) is 46.5 Å². The van der Waals surface area contributed by atoms with Crippen molar-refractivity contribution < 1.29 is 24.1 Å². The van der Waals surface area contributed by atoms with Crippen molar-refractivity contribution in [2.45, 2.75) is 52.3 Å². The van der Waals surface area contributed by atoms with Crippen LogP contribution < -0.4 is 14.2 Å². The number of carbonyl (C=O) groups excluding carboxylic acids is 1. The lowest BCUT2D eigenvalue weighted by molar-refractivity contribution is -0.132. The standard InChI is InChI=1S/C31H42N4O5/c1-5-30-32-13-15-34(30)14-6-18-39-29-19-26(9-12-28(29)38-4)20-33-16-17-35(25(3)36)22-31(37,21-33)23-40-27-10-7-24(2)8-11-27/h7-13,15,19,37H,5-6,14,16-18,20-23H2,1-4H3/t31-/m1/s1. The van der Waals surface area contributed by atoms with Crippen LogP contribution in [-0.4, -0.2) is 82.5 Å². The highest BCUT2D eigenvalue weighted by Gasteiger charge is 2.37. The van der Waals surface area contributed by atoms with Gasteiger partial charge in [0.1, 0.15) is 23.8 Å². The Morgan fingerprint density at radius 2 is 1.88 bits per heavy atom. The minimum absolute atomic E-state index is 0.0579. The lowest BCUT2D eigenvalue weighted by Gasteiger charge is -2.32. The summed E-state index contributed by atoms with van der Waals surface area (Å²) in [5, 5.41) is 11.6. The molecule has 9 heteroatoms. The minimum Gasteiger partial charge on any atom is -0.493 e. The van der Waals surface area contributed by atoms with E-state index in [0.29, 0.717) is 50.0 Å². The summed E-state index contributed by atoms with van der Waals surface area (Å²) in [7, 11) is 1.64. The van der Waals surface area contributed by atoms with Crippen molar-refractivity contribution >= 4 is 5.91 Å². The number of aliphatic hydroxyl groups is 1. The van der Waals surface area contributed by atoms with E-state index in [1.165, 1.54) is 0 Å². The van der Waals surface area contributed by atoms with Crippen molar-refractivity contribution in [1.82, 2.24) is 19.4 Å². The van der Waals surface area contributed by atoms with Crippen LogP contribution in [0.5, 0.6) is 17.2 Å². The van der Waals surface area contributed by atoms with Crippen molar-refractivity contribution in [2.24, 2.45) is 0 Å². The average Bonchev–Trinajstić information content (AvgIpc) is 3.33. The van der Waals surface area contributed by atoms with Crippen LogP contribution in [0.1, 0.15) is 37.2 Å². The topological polar surface area (TPSA) is 89.3 Å². The van der Waals surface area contributed by atoms with E-state index in [1.54, 1.807) is 18.9 Å². The SMILES string of the molecule is CCc1nccn1CCCOc1cc(CN2CCN(C(C)=O)C[C@@](O)(COc3ccc(C)cc3)C2)ccc1OC. The molecule has 0 spiro atoms. The van der Waals surface area contributed by atoms with Gasteiger partial charge in [-0.3, -0.25) is 9.69 Å². The summed E-state index contributed by atoms with van der Waals surface area (Å²) >= 11 is 0. The molecule has 3 aromatic rings. The van der Waals surface area contributed by atoms with Crippen LogP contribution in [0.15, 0.2) is 54.9 Å². The van der Waals surface area contributed by atoms with Crippen LogP contribution in [0.25, 0.3) is 0 Å². The molecule has 40 heavy (non-hydrogen) atoms. The molecule has 4 rings (SSSR count). The molecule has 0 aliphatic carbocycles. The number of aromatic nitrogens is 2. The Kier molecular flexibility index (Phi) is 10.1. The molecular weight excluding hydrogens is 508 g/mol. The van der Waals surface area contributed by atoms with Gasteiger partial charge in [-0.2, -0.15) is 0 Å². The molecule has 1 aromatic heterocycles. The zero-order valence-electron chi connectivity index (χ0n) is 24.1. The molecule has 2 aromatic carbocycles. The number of rotatable bonds is 12. The highest BCUT2D eigenvalue weighted by Crippen LogP contribution is 2.29. The molecule has 0 saturated carbocycles. The lowest BCUT2D eigenvalue weighted by Crippen LogP contribution is -2.51. The molecular formula is C31H42N4O5. The Labute approximate surface area is 237 Å². The molecule has 2 heterocycles. The first kappa shape index (κ1) is 29.4. The minimum atomic E-state index is -1.22. The third kappa shape index (κ3) is 7.99. The Morgan fingerprint density at radius 3 is 2.60 bits per heavy atom. The van der Waals surface area contributed by atoms with Crippen molar-refractivity contribution in [3.05, 3.63) is 71.8 Å². The predicted octanol–water partition coefficient (Wildman–Crippen LogP) is 3.71. The molecule has 1 aliphatic rings. The summed E-state index contributed by atoms with van der Waals surface area (Å²) in [5.74, 6) is 3.09. The Morgan fingerprint density at radius 1 is 1.07 bits per heavy atom. The Balaban J connectivity index is 1.41.